The van der Waals surface area contributed by atoms with E-state index < -0.39 is 0 Å². The van der Waals surface area contributed by atoms with E-state index in [1.54, 1.807) is 6.20 Å². The quantitative estimate of drug-likeness (QED) is 0.728. The van der Waals surface area contributed by atoms with Gasteiger partial charge in [0, 0.05) is 12.7 Å². The van der Waals surface area contributed by atoms with Gasteiger partial charge >= 0.3 is 0 Å². The minimum absolute atomic E-state index is 0.187. The zero-order valence-electron chi connectivity index (χ0n) is 7.13. The fourth-order valence-electron chi connectivity index (χ4n) is 0.827. The third-order valence-corrected chi connectivity index (χ3v) is 2.08. The van der Waals surface area contributed by atoms with Gasteiger partial charge in [-0.25, -0.2) is 4.98 Å². The molecule has 0 saturated heterocycles. The van der Waals surface area contributed by atoms with Crippen LogP contribution in [0.1, 0.15) is 13.3 Å². The molecule has 1 aromatic heterocycles. The number of hydrogen-bond donors (Lipinski definition) is 1. The molecule has 0 aliphatic heterocycles. The summed E-state index contributed by atoms with van der Waals surface area (Å²) in [5.74, 6) is 0.886. The van der Waals surface area contributed by atoms with Crippen molar-refractivity contribution in [3.05, 3.63) is 24.4 Å². The van der Waals surface area contributed by atoms with Gasteiger partial charge in [0.05, 0.1) is 5.38 Å². The summed E-state index contributed by atoms with van der Waals surface area (Å²) >= 11 is 5.92. The second kappa shape index (κ2) is 4.99. The Morgan fingerprint density at radius 2 is 2.42 bits per heavy atom. The smallest absolute Gasteiger partial charge is 0.125 e. The first-order valence-corrected chi connectivity index (χ1v) is 4.55. The first kappa shape index (κ1) is 9.33. The standard InChI is InChI=1S/C9H13ClN2/c1-2-8(10)7-12-9-5-3-4-6-11-9/h3-6,8H,2,7H2,1H3,(H,11,12). The third kappa shape index (κ3) is 3.09. The summed E-state index contributed by atoms with van der Waals surface area (Å²) in [4.78, 5) is 4.12. The van der Waals surface area contributed by atoms with Crippen LogP contribution in [0.2, 0.25) is 0 Å². The van der Waals surface area contributed by atoms with Crippen molar-refractivity contribution in [3.8, 4) is 0 Å². The second-order valence-corrected chi connectivity index (χ2v) is 3.22. The van der Waals surface area contributed by atoms with Crippen LogP contribution in [0.4, 0.5) is 5.82 Å². The van der Waals surface area contributed by atoms with Crippen molar-refractivity contribution < 1.29 is 0 Å². The van der Waals surface area contributed by atoms with Crippen LogP contribution in [-0.2, 0) is 0 Å². The molecule has 0 spiro atoms. The Morgan fingerprint density at radius 1 is 1.58 bits per heavy atom. The summed E-state index contributed by atoms with van der Waals surface area (Å²) in [6.45, 7) is 2.84. The van der Waals surface area contributed by atoms with Crippen LogP contribution in [0.25, 0.3) is 0 Å². The van der Waals surface area contributed by atoms with Gasteiger partial charge in [0.15, 0.2) is 0 Å². The summed E-state index contributed by atoms with van der Waals surface area (Å²) in [6.07, 6.45) is 2.74. The molecule has 0 saturated carbocycles. The topological polar surface area (TPSA) is 24.9 Å². The number of alkyl halides is 1. The van der Waals surface area contributed by atoms with Gasteiger partial charge in [-0.2, -0.15) is 0 Å². The van der Waals surface area contributed by atoms with Gasteiger partial charge in [-0.05, 0) is 18.6 Å². The molecule has 12 heavy (non-hydrogen) atoms. The molecule has 3 heteroatoms. The van der Waals surface area contributed by atoms with E-state index in [9.17, 15) is 0 Å². The van der Waals surface area contributed by atoms with E-state index in [4.69, 9.17) is 11.6 Å². The summed E-state index contributed by atoms with van der Waals surface area (Å²) in [6, 6.07) is 5.77. The number of nitrogens with zero attached hydrogens (tertiary/aromatic N) is 1. The minimum atomic E-state index is 0.187. The van der Waals surface area contributed by atoms with Crippen molar-refractivity contribution in [2.75, 3.05) is 11.9 Å². The lowest BCUT2D eigenvalue weighted by Crippen LogP contribution is -2.13. The zero-order valence-corrected chi connectivity index (χ0v) is 7.88. The summed E-state index contributed by atoms with van der Waals surface area (Å²) < 4.78 is 0. The molecule has 1 N–H and O–H groups in total. The molecule has 0 aliphatic rings. The number of halogens is 1. The molecule has 0 aliphatic carbocycles. The number of rotatable bonds is 4. The molecule has 66 valence electrons. The van der Waals surface area contributed by atoms with E-state index in [0.717, 1.165) is 18.8 Å². The lowest BCUT2D eigenvalue weighted by molar-refractivity contribution is 0.840. The maximum Gasteiger partial charge on any atom is 0.125 e. The lowest BCUT2D eigenvalue weighted by Gasteiger charge is -2.07. The Balaban J connectivity index is 2.33. The monoisotopic (exact) mass is 184 g/mol. The highest BCUT2D eigenvalue weighted by molar-refractivity contribution is 6.20. The summed E-state index contributed by atoms with van der Waals surface area (Å²) in [7, 11) is 0. The Bertz CT molecular complexity index is 213. The predicted octanol–water partition coefficient (Wildman–Crippen LogP) is 2.51. The predicted molar refractivity (Wildman–Crippen MR) is 52.7 cm³/mol. The molecule has 1 unspecified atom stereocenters. The van der Waals surface area contributed by atoms with Crippen molar-refractivity contribution in [1.29, 1.82) is 0 Å². The molecule has 1 atom stereocenters. The largest absolute Gasteiger partial charge is 0.369 e. The van der Waals surface area contributed by atoms with Crippen molar-refractivity contribution in [2.45, 2.75) is 18.7 Å². The fourth-order valence-corrected chi connectivity index (χ4v) is 0.904. The second-order valence-electron chi connectivity index (χ2n) is 2.60. The number of aromatic nitrogens is 1. The first-order chi connectivity index (χ1) is 5.83. The molecule has 2 nitrogen and oxygen atoms in total. The van der Waals surface area contributed by atoms with E-state index in [-0.39, 0.29) is 5.38 Å². The van der Waals surface area contributed by atoms with E-state index in [2.05, 4.69) is 17.2 Å². The average Bonchev–Trinajstić information content (AvgIpc) is 2.16. The number of nitrogens with one attached hydrogen (secondary N) is 1. The molecule has 0 aromatic carbocycles. The Morgan fingerprint density at radius 3 is 3.00 bits per heavy atom. The average molecular weight is 185 g/mol. The van der Waals surface area contributed by atoms with Crippen molar-refractivity contribution in [2.24, 2.45) is 0 Å². The van der Waals surface area contributed by atoms with Crippen LogP contribution in [0.5, 0.6) is 0 Å². The number of pyridine rings is 1. The Hall–Kier alpha value is -0.760. The summed E-state index contributed by atoms with van der Waals surface area (Å²) in [5.41, 5.74) is 0. The SMILES string of the molecule is CCC(Cl)CNc1ccccn1. The van der Waals surface area contributed by atoms with Crippen LogP contribution in [-0.4, -0.2) is 16.9 Å². The maximum absolute atomic E-state index is 5.92. The van der Waals surface area contributed by atoms with E-state index in [0.29, 0.717) is 0 Å². The van der Waals surface area contributed by atoms with Gasteiger partial charge in [-0.3, -0.25) is 0 Å². The van der Waals surface area contributed by atoms with Crippen molar-refractivity contribution in [3.63, 3.8) is 0 Å². The van der Waals surface area contributed by atoms with Crippen LogP contribution in [0, 0.1) is 0 Å². The molecule has 0 radical (unpaired) electrons. The van der Waals surface area contributed by atoms with Gasteiger partial charge in [-0.15, -0.1) is 11.6 Å². The van der Waals surface area contributed by atoms with Gasteiger partial charge in [0.2, 0.25) is 0 Å². The van der Waals surface area contributed by atoms with Crippen LogP contribution in [0.15, 0.2) is 24.4 Å². The Labute approximate surface area is 78.0 Å². The Kier molecular flexibility index (Phi) is 3.88. The number of anilines is 1. The van der Waals surface area contributed by atoms with Crippen molar-refractivity contribution >= 4 is 17.4 Å². The van der Waals surface area contributed by atoms with Gasteiger partial charge in [0.25, 0.3) is 0 Å². The van der Waals surface area contributed by atoms with Crippen LogP contribution in [0.3, 0.4) is 0 Å². The highest BCUT2D eigenvalue weighted by atomic mass is 35.5. The molecule has 0 bridgehead atoms. The first-order valence-electron chi connectivity index (χ1n) is 4.12. The highest BCUT2D eigenvalue weighted by Crippen LogP contribution is 2.04. The van der Waals surface area contributed by atoms with Gasteiger partial charge in [0.1, 0.15) is 5.82 Å². The fraction of sp³-hybridized carbons (Fsp3) is 0.444. The highest BCUT2D eigenvalue weighted by Gasteiger charge is 1.99. The molecule has 1 rings (SSSR count). The molecule has 0 fully saturated rings. The lowest BCUT2D eigenvalue weighted by atomic mass is 10.3. The van der Waals surface area contributed by atoms with Gasteiger partial charge in [-0.1, -0.05) is 13.0 Å². The van der Waals surface area contributed by atoms with Crippen LogP contribution < -0.4 is 5.32 Å². The molecule has 0 amide bonds. The molecular formula is C9H13ClN2. The normalized spacial score (nSPS) is 12.5. The van der Waals surface area contributed by atoms with E-state index in [1.165, 1.54) is 0 Å². The van der Waals surface area contributed by atoms with E-state index >= 15 is 0 Å². The van der Waals surface area contributed by atoms with Crippen LogP contribution >= 0.6 is 11.6 Å². The molecular weight excluding hydrogens is 172 g/mol. The zero-order chi connectivity index (χ0) is 8.81. The molecule has 1 heterocycles. The molecule has 1 aromatic rings. The number of hydrogen-bond acceptors (Lipinski definition) is 2. The van der Waals surface area contributed by atoms with Gasteiger partial charge < -0.3 is 5.32 Å². The minimum Gasteiger partial charge on any atom is -0.369 e. The van der Waals surface area contributed by atoms with Crippen molar-refractivity contribution in [1.82, 2.24) is 4.98 Å². The maximum atomic E-state index is 5.92. The van der Waals surface area contributed by atoms with E-state index in [1.807, 2.05) is 18.2 Å². The third-order valence-electron chi connectivity index (χ3n) is 1.61. The summed E-state index contributed by atoms with van der Waals surface area (Å²) in [5, 5.41) is 3.34.